The van der Waals surface area contributed by atoms with Crippen LogP contribution in [-0.4, -0.2) is 91.8 Å². The molecule has 1 unspecified atom stereocenters. The van der Waals surface area contributed by atoms with Crippen LogP contribution in [0.4, 0.5) is 4.39 Å². The predicted molar refractivity (Wildman–Crippen MR) is 134 cm³/mol. The number of amides is 1. The molecule has 202 valence electrons. The van der Waals surface area contributed by atoms with Gasteiger partial charge in [-0.2, -0.15) is 4.68 Å². The lowest BCUT2D eigenvalue weighted by Gasteiger charge is -2.46. The van der Waals surface area contributed by atoms with Crippen molar-refractivity contribution in [3.8, 4) is 5.82 Å². The summed E-state index contributed by atoms with van der Waals surface area (Å²) in [7, 11) is 0. The van der Waals surface area contributed by atoms with E-state index in [2.05, 4.69) is 25.4 Å². The largest absolute Gasteiger partial charge is 0.459 e. The van der Waals surface area contributed by atoms with Gasteiger partial charge in [-0.25, -0.2) is 14.2 Å². The van der Waals surface area contributed by atoms with Crippen LogP contribution in [0, 0.1) is 5.82 Å². The molecule has 1 aliphatic carbocycles. The molecular weight excluding hydrogens is 505 g/mol. The number of hydrogen-bond donors (Lipinski definition) is 0. The van der Waals surface area contributed by atoms with Crippen molar-refractivity contribution in [2.75, 3.05) is 32.8 Å². The Morgan fingerprint density at radius 1 is 1.13 bits per heavy atom. The molecule has 4 atom stereocenters. The Bertz CT molecular complexity index is 1450. The number of benzene rings is 1. The van der Waals surface area contributed by atoms with Gasteiger partial charge in [0.2, 0.25) is 5.91 Å². The molecule has 3 aromatic rings. The van der Waals surface area contributed by atoms with E-state index < -0.39 is 12.1 Å². The zero-order valence-electron chi connectivity index (χ0n) is 21.5. The normalized spacial score (nSPS) is 26.5. The van der Waals surface area contributed by atoms with E-state index in [0.717, 1.165) is 24.1 Å². The minimum Gasteiger partial charge on any atom is -0.459 e. The van der Waals surface area contributed by atoms with Crippen molar-refractivity contribution in [3.63, 3.8) is 0 Å². The fourth-order valence-electron chi connectivity index (χ4n) is 6.35. The Labute approximate surface area is 223 Å². The van der Waals surface area contributed by atoms with E-state index in [0.29, 0.717) is 61.7 Å². The van der Waals surface area contributed by atoms with Gasteiger partial charge in [-0.3, -0.25) is 9.69 Å². The fourth-order valence-corrected chi connectivity index (χ4v) is 6.35. The van der Waals surface area contributed by atoms with Crippen molar-refractivity contribution in [1.29, 1.82) is 0 Å². The number of morpholine rings is 1. The van der Waals surface area contributed by atoms with Crippen LogP contribution in [0.3, 0.4) is 0 Å². The van der Waals surface area contributed by atoms with Crippen LogP contribution in [0.25, 0.3) is 5.82 Å². The number of carbonyl (C=O) groups excluding carboxylic acids is 2. The molecular formula is C27H28FN7O4. The summed E-state index contributed by atoms with van der Waals surface area (Å²) in [5.74, 6) is -0.301. The Morgan fingerprint density at radius 2 is 2.00 bits per heavy atom. The number of aromatic nitrogens is 5. The van der Waals surface area contributed by atoms with E-state index >= 15 is 4.39 Å². The van der Waals surface area contributed by atoms with Crippen LogP contribution >= 0.6 is 0 Å². The van der Waals surface area contributed by atoms with Gasteiger partial charge in [0.15, 0.2) is 5.82 Å². The van der Waals surface area contributed by atoms with Gasteiger partial charge in [0.05, 0.1) is 30.2 Å². The van der Waals surface area contributed by atoms with Crippen LogP contribution in [-0.2, 0) is 27.1 Å². The number of aryl methyl sites for hydroxylation is 1. The molecule has 4 aliphatic rings. The molecule has 2 fully saturated rings. The number of nitrogens with zero attached hydrogens (tertiary/aromatic N) is 7. The summed E-state index contributed by atoms with van der Waals surface area (Å²) in [6, 6.07) is 7.15. The van der Waals surface area contributed by atoms with Crippen molar-refractivity contribution in [3.05, 3.63) is 64.4 Å². The maximum absolute atomic E-state index is 15.5. The highest BCUT2D eigenvalue weighted by Crippen LogP contribution is 2.36. The molecule has 0 bridgehead atoms. The summed E-state index contributed by atoms with van der Waals surface area (Å²) in [4.78, 5) is 34.7. The molecule has 2 saturated heterocycles. The second kappa shape index (κ2) is 9.45. The fraction of sp³-hybridized carbons (Fsp3) is 0.481. The molecule has 2 aromatic heterocycles. The van der Waals surface area contributed by atoms with Gasteiger partial charge in [-0.1, -0.05) is 12.1 Å². The number of cyclic esters (lactones) is 1. The number of esters is 1. The SMILES string of the molecule is C[C@@H]1Cc2c(ccc([C@@H]3CN4CCN(C(=O)C5CCc6nc(-n7cnnn7)ccc65)C[C@@H]4CO3)c2F)C(=O)O1. The monoisotopic (exact) mass is 533 g/mol. The average Bonchev–Trinajstić information content (AvgIpc) is 3.63. The molecule has 7 rings (SSSR count). The van der Waals surface area contributed by atoms with E-state index in [1.54, 1.807) is 19.1 Å². The number of pyridine rings is 1. The zero-order valence-corrected chi connectivity index (χ0v) is 21.5. The van der Waals surface area contributed by atoms with Crippen LogP contribution < -0.4 is 0 Å². The molecule has 1 amide bonds. The number of piperazine rings is 1. The first-order chi connectivity index (χ1) is 19.0. The van der Waals surface area contributed by atoms with Crippen LogP contribution in [0.1, 0.15) is 58.1 Å². The summed E-state index contributed by atoms with van der Waals surface area (Å²) in [5, 5.41) is 11.2. The smallest absolute Gasteiger partial charge is 0.338 e. The van der Waals surface area contributed by atoms with E-state index in [1.165, 1.54) is 11.0 Å². The maximum atomic E-state index is 15.5. The van der Waals surface area contributed by atoms with Crippen molar-refractivity contribution in [2.24, 2.45) is 0 Å². The van der Waals surface area contributed by atoms with Gasteiger partial charge in [-0.05, 0) is 47.9 Å². The molecule has 0 spiro atoms. The van der Waals surface area contributed by atoms with Crippen molar-refractivity contribution in [2.45, 2.75) is 50.4 Å². The van der Waals surface area contributed by atoms with E-state index in [4.69, 9.17) is 9.47 Å². The van der Waals surface area contributed by atoms with Crippen LogP contribution in [0.15, 0.2) is 30.6 Å². The van der Waals surface area contributed by atoms with Crippen molar-refractivity contribution >= 4 is 11.9 Å². The highest BCUT2D eigenvalue weighted by molar-refractivity contribution is 5.92. The minimum atomic E-state index is -0.478. The molecule has 39 heavy (non-hydrogen) atoms. The van der Waals surface area contributed by atoms with Gasteiger partial charge in [0.1, 0.15) is 18.2 Å². The number of hydrogen-bond acceptors (Lipinski definition) is 9. The molecule has 0 N–H and O–H groups in total. The molecule has 12 heteroatoms. The van der Waals surface area contributed by atoms with Gasteiger partial charge in [-0.15, -0.1) is 5.10 Å². The predicted octanol–water partition coefficient (Wildman–Crippen LogP) is 1.61. The number of carbonyl (C=O) groups is 2. The van der Waals surface area contributed by atoms with Crippen LogP contribution in [0.2, 0.25) is 0 Å². The van der Waals surface area contributed by atoms with E-state index in [9.17, 15) is 9.59 Å². The topological polar surface area (TPSA) is 116 Å². The van der Waals surface area contributed by atoms with E-state index in [-0.39, 0.29) is 29.8 Å². The van der Waals surface area contributed by atoms with Crippen LogP contribution in [0.5, 0.6) is 0 Å². The highest BCUT2D eigenvalue weighted by atomic mass is 19.1. The Kier molecular flexibility index (Phi) is 5.89. The molecule has 0 radical (unpaired) electrons. The standard InChI is InChI=1S/C27H28FN7O4/c1-15-10-21-19(27(37)39-15)2-3-20(25(21)28)23-12-33-8-9-34(11-16(33)13-38-23)26(36)18-4-6-22-17(18)5-7-24(30-22)35-14-29-31-32-35/h2-3,5,7,14-16,18,23H,4,6,8-13H2,1H3/t15-,16-,18?,23+/m1/s1. The zero-order chi connectivity index (χ0) is 26.7. The summed E-state index contributed by atoms with van der Waals surface area (Å²) in [6.45, 7) is 4.59. The van der Waals surface area contributed by atoms with E-state index in [1.807, 2.05) is 17.0 Å². The number of rotatable bonds is 3. The Balaban J connectivity index is 1.02. The first-order valence-electron chi connectivity index (χ1n) is 13.4. The number of halogens is 1. The number of fused-ring (bicyclic) bond motifs is 3. The first kappa shape index (κ1) is 24.3. The summed E-state index contributed by atoms with van der Waals surface area (Å²) in [5.41, 5.74) is 3.07. The van der Waals surface area contributed by atoms with Crippen molar-refractivity contribution < 1.29 is 23.5 Å². The lowest BCUT2D eigenvalue weighted by atomic mass is 9.93. The minimum absolute atomic E-state index is 0.0517. The lowest BCUT2D eigenvalue weighted by molar-refractivity contribution is -0.141. The molecule has 0 saturated carbocycles. The third-order valence-corrected chi connectivity index (χ3v) is 8.37. The lowest BCUT2D eigenvalue weighted by Crippen LogP contribution is -2.60. The molecule has 3 aliphatic heterocycles. The third-order valence-electron chi connectivity index (χ3n) is 8.37. The second-order valence-electron chi connectivity index (χ2n) is 10.7. The van der Waals surface area contributed by atoms with Gasteiger partial charge >= 0.3 is 5.97 Å². The number of tetrazole rings is 1. The molecule has 1 aromatic carbocycles. The highest BCUT2D eigenvalue weighted by Gasteiger charge is 2.40. The molecule has 11 nitrogen and oxygen atoms in total. The first-order valence-corrected chi connectivity index (χ1v) is 13.4. The van der Waals surface area contributed by atoms with Gasteiger partial charge in [0, 0.05) is 49.4 Å². The summed E-state index contributed by atoms with van der Waals surface area (Å²) < 4.78 is 28.4. The second-order valence-corrected chi connectivity index (χ2v) is 10.7. The Hall–Kier alpha value is -3.77. The van der Waals surface area contributed by atoms with Gasteiger partial charge < -0.3 is 14.4 Å². The quantitative estimate of drug-likeness (QED) is 0.463. The third kappa shape index (κ3) is 4.18. The molecule has 5 heterocycles. The summed E-state index contributed by atoms with van der Waals surface area (Å²) in [6.07, 6.45) is 2.54. The van der Waals surface area contributed by atoms with Gasteiger partial charge in [0.25, 0.3) is 0 Å². The average molecular weight is 534 g/mol. The number of ether oxygens (including phenoxy) is 2. The van der Waals surface area contributed by atoms with Crippen molar-refractivity contribution in [1.82, 2.24) is 35.0 Å². The Morgan fingerprint density at radius 3 is 2.85 bits per heavy atom. The maximum Gasteiger partial charge on any atom is 0.338 e. The summed E-state index contributed by atoms with van der Waals surface area (Å²) >= 11 is 0.